The van der Waals surface area contributed by atoms with E-state index in [0.29, 0.717) is 46.3 Å². The summed E-state index contributed by atoms with van der Waals surface area (Å²) in [5.41, 5.74) is 2.91. The lowest BCUT2D eigenvalue weighted by atomic mass is 10.2. The summed E-state index contributed by atoms with van der Waals surface area (Å²) < 4.78 is 11.7. The van der Waals surface area contributed by atoms with E-state index in [-0.39, 0.29) is 0 Å². The summed E-state index contributed by atoms with van der Waals surface area (Å²) in [5, 5.41) is 5.19. The molecule has 3 aromatic carbocycles. The van der Waals surface area contributed by atoms with Crippen molar-refractivity contribution >= 4 is 40.5 Å². The molecule has 0 bridgehead atoms. The Kier molecular flexibility index (Phi) is 7.32. The number of hydrogen-bond acceptors (Lipinski definition) is 3. The van der Waals surface area contributed by atoms with Crippen LogP contribution in [0.15, 0.2) is 60.7 Å². The summed E-state index contributed by atoms with van der Waals surface area (Å²) in [4.78, 5) is 0. The van der Waals surface area contributed by atoms with Crippen LogP contribution < -0.4 is 14.8 Å². The van der Waals surface area contributed by atoms with Crippen molar-refractivity contribution in [3.63, 3.8) is 0 Å². The molecule has 0 aliphatic carbocycles. The molecule has 3 aromatic rings. The summed E-state index contributed by atoms with van der Waals surface area (Å²) in [7, 11) is 0. The van der Waals surface area contributed by atoms with Crippen molar-refractivity contribution in [2.75, 3.05) is 11.9 Å². The topological polar surface area (TPSA) is 30.5 Å². The van der Waals surface area contributed by atoms with E-state index in [9.17, 15) is 0 Å². The molecule has 0 saturated carbocycles. The van der Waals surface area contributed by atoms with E-state index in [1.807, 2.05) is 61.5 Å². The van der Waals surface area contributed by atoms with Gasteiger partial charge in [-0.05, 0) is 60.5 Å². The Hall–Kier alpha value is -2.07. The molecule has 0 aromatic heterocycles. The minimum Gasteiger partial charge on any atom is -0.490 e. The van der Waals surface area contributed by atoms with E-state index < -0.39 is 0 Å². The maximum absolute atomic E-state index is 6.04. The van der Waals surface area contributed by atoms with Crippen LogP contribution in [-0.2, 0) is 13.2 Å². The Morgan fingerprint density at radius 2 is 1.54 bits per heavy atom. The van der Waals surface area contributed by atoms with Crippen molar-refractivity contribution in [1.29, 1.82) is 0 Å². The first-order valence-electron chi connectivity index (χ1n) is 8.86. The number of rotatable bonds is 8. The van der Waals surface area contributed by atoms with Gasteiger partial charge in [0.05, 0.1) is 6.61 Å². The van der Waals surface area contributed by atoms with E-state index in [2.05, 4.69) is 5.32 Å². The van der Waals surface area contributed by atoms with E-state index in [1.165, 1.54) is 0 Å². The zero-order valence-corrected chi connectivity index (χ0v) is 17.6. The smallest absolute Gasteiger partial charge is 0.161 e. The Bertz CT molecular complexity index is 927. The summed E-state index contributed by atoms with van der Waals surface area (Å²) in [6.45, 7) is 3.51. The summed E-state index contributed by atoms with van der Waals surface area (Å²) in [6, 6.07) is 18.8. The number of nitrogens with one attached hydrogen (secondary N) is 1. The van der Waals surface area contributed by atoms with Gasteiger partial charge >= 0.3 is 0 Å². The molecule has 6 heteroatoms. The molecule has 28 heavy (non-hydrogen) atoms. The molecule has 1 N–H and O–H groups in total. The van der Waals surface area contributed by atoms with E-state index in [4.69, 9.17) is 44.3 Å². The number of ether oxygens (including phenoxy) is 2. The highest BCUT2D eigenvalue weighted by Crippen LogP contribution is 2.30. The van der Waals surface area contributed by atoms with Crippen LogP contribution in [0.5, 0.6) is 11.5 Å². The van der Waals surface area contributed by atoms with Gasteiger partial charge in [-0.2, -0.15) is 0 Å². The Balaban J connectivity index is 1.69. The van der Waals surface area contributed by atoms with Crippen LogP contribution in [0.2, 0.25) is 15.1 Å². The molecule has 0 radical (unpaired) electrons. The maximum Gasteiger partial charge on any atom is 0.161 e. The predicted molar refractivity (Wildman–Crippen MR) is 117 cm³/mol. The van der Waals surface area contributed by atoms with Gasteiger partial charge in [0, 0.05) is 27.3 Å². The van der Waals surface area contributed by atoms with Gasteiger partial charge in [0.15, 0.2) is 11.5 Å². The second kappa shape index (κ2) is 9.92. The van der Waals surface area contributed by atoms with Gasteiger partial charge in [-0.3, -0.25) is 0 Å². The van der Waals surface area contributed by atoms with Gasteiger partial charge in [0.25, 0.3) is 0 Å². The average molecular weight is 437 g/mol. The quantitative estimate of drug-likeness (QED) is 0.404. The minimum absolute atomic E-state index is 0.416. The first-order chi connectivity index (χ1) is 13.5. The Labute approximate surface area is 180 Å². The monoisotopic (exact) mass is 435 g/mol. The molecule has 0 aliphatic rings. The molecule has 0 fully saturated rings. The summed E-state index contributed by atoms with van der Waals surface area (Å²) in [5.74, 6) is 1.39. The highest BCUT2D eigenvalue weighted by Gasteiger charge is 2.08. The minimum atomic E-state index is 0.416. The third kappa shape index (κ3) is 5.96. The van der Waals surface area contributed by atoms with Crippen LogP contribution in [0.25, 0.3) is 0 Å². The SMILES string of the molecule is CCOc1cc(CNc2cc(Cl)cc(Cl)c2)ccc1OCc1cccc(Cl)c1. The zero-order chi connectivity index (χ0) is 19.9. The van der Waals surface area contributed by atoms with Crippen LogP contribution in [0.4, 0.5) is 5.69 Å². The van der Waals surface area contributed by atoms with Crippen molar-refractivity contribution in [2.24, 2.45) is 0 Å². The second-order valence-electron chi connectivity index (χ2n) is 6.14. The van der Waals surface area contributed by atoms with Gasteiger partial charge in [-0.25, -0.2) is 0 Å². The second-order valence-corrected chi connectivity index (χ2v) is 7.45. The summed E-state index contributed by atoms with van der Waals surface area (Å²) in [6.07, 6.45) is 0. The normalized spacial score (nSPS) is 10.6. The van der Waals surface area contributed by atoms with E-state index in [0.717, 1.165) is 16.8 Å². The standard InChI is InChI=1S/C22H20Cl3NO2/c1-2-27-22-9-15(13-26-20-11-18(24)10-19(25)12-20)6-7-21(22)28-14-16-4-3-5-17(23)8-16/h3-12,26H,2,13-14H2,1H3. The van der Waals surface area contributed by atoms with Crippen molar-refractivity contribution in [3.05, 3.63) is 86.9 Å². The molecule has 0 spiro atoms. The molecule has 3 nitrogen and oxygen atoms in total. The third-order valence-electron chi connectivity index (χ3n) is 3.95. The molecule has 0 unspecified atom stereocenters. The van der Waals surface area contributed by atoms with Crippen LogP contribution >= 0.6 is 34.8 Å². The van der Waals surface area contributed by atoms with Crippen LogP contribution in [0, 0.1) is 0 Å². The lowest BCUT2D eigenvalue weighted by Crippen LogP contribution is -2.03. The Morgan fingerprint density at radius 1 is 0.750 bits per heavy atom. The molecule has 3 rings (SSSR count). The van der Waals surface area contributed by atoms with E-state index >= 15 is 0 Å². The highest BCUT2D eigenvalue weighted by molar-refractivity contribution is 6.35. The van der Waals surface area contributed by atoms with Crippen molar-refractivity contribution < 1.29 is 9.47 Å². The molecular formula is C22H20Cl3NO2. The molecular weight excluding hydrogens is 417 g/mol. The predicted octanol–water partition coefficient (Wildman–Crippen LogP) is 7.24. The van der Waals surface area contributed by atoms with Crippen LogP contribution in [0.1, 0.15) is 18.1 Å². The first kappa shape index (κ1) is 20.7. The van der Waals surface area contributed by atoms with Gasteiger partial charge in [-0.15, -0.1) is 0 Å². The molecule has 0 saturated heterocycles. The zero-order valence-electron chi connectivity index (χ0n) is 15.3. The van der Waals surface area contributed by atoms with Crippen molar-refractivity contribution in [2.45, 2.75) is 20.1 Å². The maximum atomic E-state index is 6.04. The fourth-order valence-corrected chi connectivity index (χ4v) is 3.44. The molecule has 0 atom stereocenters. The van der Waals surface area contributed by atoms with Gasteiger partial charge < -0.3 is 14.8 Å². The van der Waals surface area contributed by atoms with Crippen molar-refractivity contribution in [3.8, 4) is 11.5 Å². The third-order valence-corrected chi connectivity index (χ3v) is 4.62. The lowest BCUT2D eigenvalue weighted by molar-refractivity contribution is 0.269. The fourth-order valence-electron chi connectivity index (χ4n) is 2.70. The lowest BCUT2D eigenvalue weighted by Gasteiger charge is -2.14. The van der Waals surface area contributed by atoms with Gasteiger partial charge in [-0.1, -0.05) is 53.0 Å². The van der Waals surface area contributed by atoms with Crippen LogP contribution in [-0.4, -0.2) is 6.61 Å². The molecule has 0 heterocycles. The Morgan fingerprint density at radius 3 is 2.25 bits per heavy atom. The number of benzene rings is 3. The number of halogens is 3. The molecule has 0 aliphatic heterocycles. The average Bonchev–Trinajstić information content (AvgIpc) is 2.65. The molecule has 146 valence electrons. The highest BCUT2D eigenvalue weighted by atomic mass is 35.5. The van der Waals surface area contributed by atoms with E-state index in [1.54, 1.807) is 6.07 Å². The number of hydrogen-bond donors (Lipinski definition) is 1. The molecule has 0 amide bonds. The summed E-state index contributed by atoms with van der Waals surface area (Å²) >= 11 is 18.1. The van der Waals surface area contributed by atoms with Gasteiger partial charge in [0.2, 0.25) is 0 Å². The number of anilines is 1. The fraction of sp³-hybridized carbons (Fsp3) is 0.182. The first-order valence-corrected chi connectivity index (χ1v) is 10.00. The van der Waals surface area contributed by atoms with Gasteiger partial charge in [0.1, 0.15) is 6.61 Å². The van der Waals surface area contributed by atoms with Crippen molar-refractivity contribution in [1.82, 2.24) is 0 Å². The largest absolute Gasteiger partial charge is 0.490 e. The van der Waals surface area contributed by atoms with Crippen LogP contribution in [0.3, 0.4) is 0 Å².